The second-order valence-corrected chi connectivity index (χ2v) is 9.41. The average molecular weight is 479 g/mol. The van der Waals surface area contributed by atoms with E-state index >= 15 is 0 Å². The van der Waals surface area contributed by atoms with Crippen LogP contribution in [0, 0.1) is 5.92 Å². The van der Waals surface area contributed by atoms with E-state index in [-0.39, 0.29) is 23.8 Å². The highest BCUT2D eigenvalue weighted by Crippen LogP contribution is 2.31. The number of nitrogens with one attached hydrogen (secondary N) is 2. The summed E-state index contributed by atoms with van der Waals surface area (Å²) in [5.41, 5.74) is 5.22. The molecule has 8 heteroatoms. The number of nitrogens with zero attached hydrogens (tertiary/aromatic N) is 4. The zero-order chi connectivity index (χ0) is 24.8. The van der Waals surface area contributed by atoms with E-state index < -0.39 is 0 Å². The van der Waals surface area contributed by atoms with Crippen LogP contribution in [0.3, 0.4) is 0 Å². The lowest BCUT2D eigenvalue weighted by molar-refractivity contribution is -0.117. The van der Waals surface area contributed by atoms with Gasteiger partial charge in [-0.3, -0.25) is 14.9 Å². The predicted molar refractivity (Wildman–Crippen MR) is 139 cm³/mol. The Morgan fingerprint density at radius 2 is 1.81 bits per heavy atom. The first kappa shape index (κ1) is 22.0. The molecule has 5 aromatic rings. The smallest absolute Gasteiger partial charge is 0.253 e. The van der Waals surface area contributed by atoms with Gasteiger partial charge in [-0.05, 0) is 60.7 Å². The van der Waals surface area contributed by atoms with Crippen LogP contribution in [0.25, 0.3) is 27.7 Å². The Bertz CT molecular complexity index is 1610. The van der Waals surface area contributed by atoms with E-state index in [0.717, 1.165) is 40.4 Å². The van der Waals surface area contributed by atoms with Crippen molar-refractivity contribution >= 4 is 34.3 Å². The fourth-order valence-electron chi connectivity index (χ4n) is 4.52. The Labute approximate surface area is 208 Å². The van der Waals surface area contributed by atoms with Crippen LogP contribution in [0.1, 0.15) is 41.7 Å². The largest absolute Gasteiger partial charge is 0.350 e. The monoisotopic (exact) mass is 478 g/mol. The summed E-state index contributed by atoms with van der Waals surface area (Å²) in [5.74, 6) is 0.270. The van der Waals surface area contributed by atoms with Crippen LogP contribution >= 0.6 is 0 Å². The quantitative estimate of drug-likeness (QED) is 0.369. The number of anilines is 1. The van der Waals surface area contributed by atoms with Crippen molar-refractivity contribution in [1.29, 1.82) is 0 Å². The average Bonchev–Trinajstić information content (AvgIpc) is 3.59. The van der Waals surface area contributed by atoms with E-state index in [1.807, 2.05) is 91.6 Å². The third-order valence-corrected chi connectivity index (χ3v) is 6.74. The number of rotatable bonds is 6. The molecule has 6 rings (SSSR count). The Morgan fingerprint density at radius 1 is 1.03 bits per heavy atom. The lowest BCUT2D eigenvalue weighted by atomic mass is 10.0. The molecule has 0 aliphatic heterocycles. The van der Waals surface area contributed by atoms with E-state index in [2.05, 4.69) is 20.7 Å². The molecule has 0 radical (unpaired) electrons. The Balaban J connectivity index is 1.30. The summed E-state index contributed by atoms with van der Waals surface area (Å²) < 4.78 is 3.62. The molecule has 2 aromatic carbocycles. The molecule has 3 heterocycles. The van der Waals surface area contributed by atoms with Gasteiger partial charge in [0.05, 0.1) is 11.6 Å². The van der Waals surface area contributed by atoms with Crippen molar-refractivity contribution in [3.63, 3.8) is 0 Å². The number of benzene rings is 2. The number of hydrogen-bond acceptors (Lipinski definition) is 4. The van der Waals surface area contributed by atoms with Gasteiger partial charge < -0.3 is 9.88 Å². The van der Waals surface area contributed by atoms with E-state index in [1.54, 1.807) is 4.52 Å². The fraction of sp³-hybridized carbons (Fsp3) is 0.214. The van der Waals surface area contributed by atoms with Crippen molar-refractivity contribution < 1.29 is 9.59 Å². The molecule has 2 N–H and O–H groups in total. The van der Waals surface area contributed by atoms with Crippen LogP contribution in [0.2, 0.25) is 0 Å². The molecule has 36 heavy (non-hydrogen) atoms. The van der Waals surface area contributed by atoms with Gasteiger partial charge >= 0.3 is 0 Å². The molecule has 0 spiro atoms. The molecule has 1 saturated carbocycles. The van der Waals surface area contributed by atoms with Crippen LogP contribution in [0.4, 0.5) is 5.95 Å². The highest BCUT2D eigenvalue weighted by Gasteiger charge is 2.30. The Kier molecular flexibility index (Phi) is 5.29. The van der Waals surface area contributed by atoms with Gasteiger partial charge in [-0.1, -0.05) is 36.4 Å². The van der Waals surface area contributed by atoms with Crippen LogP contribution in [0.5, 0.6) is 0 Å². The number of aryl methyl sites for hydroxylation is 1. The molecule has 1 fully saturated rings. The van der Waals surface area contributed by atoms with Crippen LogP contribution < -0.4 is 10.6 Å². The number of carbonyl (C=O) groups excluding carboxylic acids is 2. The first-order valence-corrected chi connectivity index (χ1v) is 12.1. The highest BCUT2D eigenvalue weighted by atomic mass is 16.2. The van der Waals surface area contributed by atoms with Gasteiger partial charge in [-0.15, -0.1) is 5.10 Å². The zero-order valence-corrected chi connectivity index (χ0v) is 20.1. The van der Waals surface area contributed by atoms with Gasteiger partial charge in [0.25, 0.3) is 5.91 Å². The predicted octanol–water partition coefficient (Wildman–Crippen LogP) is 4.73. The molecule has 8 nitrogen and oxygen atoms in total. The number of hydrogen-bond donors (Lipinski definition) is 2. The van der Waals surface area contributed by atoms with E-state index in [0.29, 0.717) is 17.2 Å². The Morgan fingerprint density at radius 3 is 2.58 bits per heavy atom. The molecule has 1 aliphatic rings. The normalized spacial score (nSPS) is 14.2. The van der Waals surface area contributed by atoms with Crippen LogP contribution in [-0.2, 0) is 11.8 Å². The summed E-state index contributed by atoms with van der Waals surface area (Å²) in [6.07, 6.45) is 5.56. The molecular formula is C28H26N6O2. The molecule has 180 valence electrons. The van der Waals surface area contributed by atoms with Crippen molar-refractivity contribution in [3.8, 4) is 11.1 Å². The first-order valence-electron chi connectivity index (χ1n) is 12.1. The van der Waals surface area contributed by atoms with Crippen LogP contribution in [-0.4, -0.2) is 31.0 Å². The third kappa shape index (κ3) is 4.11. The van der Waals surface area contributed by atoms with Crippen molar-refractivity contribution in [1.82, 2.24) is 24.5 Å². The topological polar surface area (TPSA) is 93.3 Å². The number of aromatic nitrogens is 4. The second-order valence-electron chi connectivity index (χ2n) is 9.41. The maximum Gasteiger partial charge on any atom is 0.253 e. The minimum atomic E-state index is -0.113. The lowest BCUT2D eigenvalue weighted by Gasteiger charge is -2.14. The summed E-state index contributed by atoms with van der Waals surface area (Å²) in [5, 5.41) is 11.2. The minimum absolute atomic E-state index is 0.0203. The summed E-state index contributed by atoms with van der Waals surface area (Å²) in [4.78, 5) is 29.8. The summed E-state index contributed by atoms with van der Waals surface area (Å²) in [7, 11) is 1.94. The van der Waals surface area contributed by atoms with Crippen LogP contribution in [0.15, 0.2) is 73.1 Å². The molecule has 0 unspecified atom stereocenters. The van der Waals surface area contributed by atoms with Crippen molar-refractivity contribution in [3.05, 3.63) is 84.2 Å². The first-order chi connectivity index (χ1) is 17.5. The number of amides is 2. The highest BCUT2D eigenvalue weighted by molar-refractivity contribution is 6.08. The Hall–Kier alpha value is -4.46. The summed E-state index contributed by atoms with van der Waals surface area (Å²) >= 11 is 0. The molecule has 0 saturated heterocycles. The second kappa shape index (κ2) is 8.64. The molecule has 1 aliphatic carbocycles. The molecule has 3 aromatic heterocycles. The fourth-order valence-corrected chi connectivity index (χ4v) is 4.52. The maximum absolute atomic E-state index is 13.2. The van der Waals surface area contributed by atoms with E-state index in [9.17, 15) is 9.59 Å². The minimum Gasteiger partial charge on any atom is -0.350 e. The standard InChI is InChI=1S/C28H26N6O2/c1-17(18-6-4-3-5-7-18)29-27(36)23-16-33(2)24-11-10-20(14-22(23)24)21-12-13-34-25(15-21)30-28(32-34)31-26(35)19-8-9-19/h3-7,10-17,19H,8-9H2,1-2H3,(H,29,36)(H,31,32,35)/t17-/m0/s1. The van der Waals surface area contributed by atoms with Gasteiger partial charge in [0, 0.05) is 36.3 Å². The molecular weight excluding hydrogens is 452 g/mol. The van der Waals surface area contributed by atoms with E-state index in [1.165, 1.54) is 0 Å². The molecule has 0 bridgehead atoms. The zero-order valence-electron chi connectivity index (χ0n) is 20.1. The van der Waals surface area contributed by atoms with Gasteiger partial charge in [0.1, 0.15) is 0 Å². The van der Waals surface area contributed by atoms with Gasteiger partial charge in [-0.2, -0.15) is 4.98 Å². The van der Waals surface area contributed by atoms with Gasteiger partial charge in [-0.25, -0.2) is 4.52 Å². The molecule has 2 amide bonds. The number of carbonyl (C=O) groups is 2. The van der Waals surface area contributed by atoms with Crippen molar-refractivity contribution in [2.45, 2.75) is 25.8 Å². The van der Waals surface area contributed by atoms with Crippen molar-refractivity contribution in [2.24, 2.45) is 13.0 Å². The number of fused-ring (bicyclic) bond motifs is 2. The summed E-state index contributed by atoms with van der Waals surface area (Å²) in [6, 6.07) is 19.8. The van der Waals surface area contributed by atoms with Gasteiger partial charge in [0.2, 0.25) is 11.9 Å². The lowest BCUT2D eigenvalue weighted by Crippen LogP contribution is -2.26. The van der Waals surface area contributed by atoms with E-state index in [4.69, 9.17) is 0 Å². The SMILES string of the molecule is C[C@H](NC(=O)c1cn(C)c2ccc(-c3ccn4nc(NC(=O)C5CC5)nc4c3)cc12)c1ccccc1. The maximum atomic E-state index is 13.2. The molecule has 1 atom stereocenters. The third-order valence-electron chi connectivity index (χ3n) is 6.74. The van der Waals surface area contributed by atoms with Crippen molar-refractivity contribution in [2.75, 3.05) is 5.32 Å². The van der Waals surface area contributed by atoms with Gasteiger partial charge in [0.15, 0.2) is 5.65 Å². The summed E-state index contributed by atoms with van der Waals surface area (Å²) in [6.45, 7) is 1.99. The number of pyridine rings is 1.